The highest BCUT2D eigenvalue weighted by atomic mass is 16.5. The summed E-state index contributed by atoms with van der Waals surface area (Å²) in [5, 5.41) is 4.99. The molecule has 0 atom stereocenters. The Labute approximate surface area is 121 Å². The maximum absolute atomic E-state index is 5.93. The molecule has 3 aromatic carbocycles. The highest BCUT2D eigenvalue weighted by molar-refractivity contribution is 6.24. The number of H-pyrrole nitrogens is 1. The van der Waals surface area contributed by atoms with Gasteiger partial charge in [0.15, 0.2) is 0 Å². The third-order valence-electron chi connectivity index (χ3n) is 4.27. The maximum atomic E-state index is 5.93. The average molecular weight is 271 g/mol. The molecule has 4 aromatic rings. The predicted octanol–water partition coefficient (Wildman–Crippen LogP) is 4.88. The molecule has 0 bridgehead atoms. The van der Waals surface area contributed by atoms with Crippen LogP contribution in [0.5, 0.6) is 5.75 Å². The largest absolute Gasteiger partial charge is 0.488 e. The van der Waals surface area contributed by atoms with E-state index in [2.05, 4.69) is 65.7 Å². The quantitative estimate of drug-likeness (QED) is 0.484. The van der Waals surface area contributed by atoms with Crippen molar-refractivity contribution in [1.29, 1.82) is 0 Å². The minimum Gasteiger partial charge on any atom is -0.488 e. The monoisotopic (exact) mass is 271 g/mol. The molecule has 1 aromatic heterocycles. The van der Waals surface area contributed by atoms with Gasteiger partial charge in [-0.3, -0.25) is 0 Å². The fourth-order valence-corrected chi connectivity index (χ4v) is 3.39. The van der Waals surface area contributed by atoms with Gasteiger partial charge < -0.3 is 9.72 Å². The van der Waals surface area contributed by atoms with Crippen molar-refractivity contribution < 1.29 is 4.74 Å². The third kappa shape index (κ3) is 1.37. The predicted molar refractivity (Wildman–Crippen MR) is 87.8 cm³/mol. The minimum absolute atomic E-state index is 0.642. The summed E-state index contributed by atoms with van der Waals surface area (Å²) >= 11 is 0. The van der Waals surface area contributed by atoms with Gasteiger partial charge in [-0.15, -0.1) is 0 Å². The van der Waals surface area contributed by atoms with Crippen molar-refractivity contribution >= 4 is 38.7 Å². The number of para-hydroxylation sites is 1. The number of rotatable bonds is 0. The fourth-order valence-electron chi connectivity index (χ4n) is 3.39. The van der Waals surface area contributed by atoms with Crippen molar-refractivity contribution in [2.45, 2.75) is 0 Å². The molecule has 2 nitrogen and oxygen atoms in total. The average Bonchev–Trinajstić information content (AvgIpc) is 2.95. The van der Waals surface area contributed by atoms with Crippen molar-refractivity contribution in [3.63, 3.8) is 0 Å². The first kappa shape index (κ1) is 11.0. The highest BCUT2D eigenvalue weighted by Gasteiger charge is 2.18. The second-order valence-electron chi connectivity index (χ2n) is 5.42. The molecular formula is C19H13NO. The zero-order chi connectivity index (χ0) is 13.8. The van der Waals surface area contributed by atoms with Crippen molar-refractivity contribution in [2.75, 3.05) is 6.61 Å². The number of ether oxygens (including phenoxy) is 1. The smallest absolute Gasteiger partial charge is 0.136 e. The lowest BCUT2D eigenvalue weighted by molar-refractivity contribution is 0.363. The molecule has 100 valence electrons. The van der Waals surface area contributed by atoms with Gasteiger partial charge >= 0.3 is 0 Å². The molecule has 0 fully saturated rings. The Morgan fingerprint density at radius 3 is 2.52 bits per heavy atom. The molecule has 1 aliphatic heterocycles. The van der Waals surface area contributed by atoms with E-state index in [-0.39, 0.29) is 0 Å². The molecule has 0 amide bonds. The van der Waals surface area contributed by atoms with Crippen LogP contribution in [0.3, 0.4) is 0 Å². The molecule has 0 saturated heterocycles. The van der Waals surface area contributed by atoms with Crippen LogP contribution in [0.15, 0.2) is 54.6 Å². The molecule has 5 rings (SSSR count). The summed E-state index contributed by atoms with van der Waals surface area (Å²) in [4.78, 5) is 3.57. The zero-order valence-corrected chi connectivity index (χ0v) is 11.4. The lowest BCUT2D eigenvalue weighted by Gasteiger charge is -2.16. The van der Waals surface area contributed by atoms with Crippen LogP contribution in [0, 0.1) is 0 Å². The first-order chi connectivity index (χ1) is 10.4. The lowest BCUT2D eigenvalue weighted by atomic mass is 9.98. The standard InChI is InChI=1S/C19H13NO/c1-2-7-13-12(6-1)17-14-8-3-4-10-16(14)20-18(17)15-9-5-11-21-19(13)15/h1-10,20H,11H2. The molecule has 2 heterocycles. The molecule has 1 N–H and O–H groups in total. The molecule has 1 aliphatic rings. The van der Waals surface area contributed by atoms with Gasteiger partial charge in [-0.05, 0) is 23.6 Å². The Balaban J connectivity index is 2.16. The number of aromatic amines is 1. The molecule has 0 radical (unpaired) electrons. The second kappa shape index (κ2) is 3.89. The topological polar surface area (TPSA) is 25.0 Å². The van der Waals surface area contributed by atoms with E-state index in [4.69, 9.17) is 4.74 Å². The van der Waals surface area contributed by atoms with Crippen molar-refractivity contribution in [3.05, 3.63) is 60.2 Å². The third-order valence-corrected chi connectivity index (χ3v) is 4.27. The van der Waals surface area contributed by atoms with E-state index in [0.717, 1.165) is 11.3 Å². The molecule has 0 saturated carbocycles. The summed E-state index contributed by atoms with van der Waals surface area (Å²) < 4.78 is 5.93. The van der Waals surface area contributed by atoms with E-state index >= 15 is 0 Å². The summed E-state index contributed by atoms with van der Waals surface area (Å²) in [5.74, 6) is 0.993. The SMILES string of the molecule is C1=Cc2c(c3ccccc3c3c2[nH]c2ccccc23)OC1. The summed E-state index contributed by atoms with van der Waals surface area (Å²) in [6.45, 7) is 0.642. The molecular weight excluding hydrogens is 258 g/mol. The Kier molecular flexibility index (Phi) is 2.03. The zero-order valence-electron chi connectivity index (χ0n) is 11.4. The van der Waals surface area contributed by atoms with Crippen molar-refractivity contribution in [2.24, 2.45) is 0 Å². The van der Waals surface area contributed by atoms with Gasteiger partial charge in [0.25, 0.3) is 0 Å². The first-order valence-corrected chi connectivity index (χ1v) is 7.18. The van der Waals surface area contributed by atoms with Crippen molar-refractivity contribution in [1.82, 2.24) is 4.98 Å². The van der Waals surface area contributed by atoms with Gasteiger partial charge in [0, 0.05) is 27.2 Å². The Hall–Kier alpha value is -2.74. The van der Waals surface area contributed by atoms with E-state index in [0.29, 0.717) is 6.61 Å². The van der Waals surface area contributed by atoms with E-state index in [1.165, 1.54) is 32.6 Å². The van der Waals surface area contributed by atoms with Crippen molar-refractivity contribution in [3.8, 4) is 5.75 Å². The summed E-state index contributed by atoms with van der Waals surface area (Å²) in [6, 6.07) is 17.0. The Bertz CT molecular complexity index is 1040. The van der Waals surface area contributed by atoms with Gasteiger partial charge in [0.1, 0.15) is 12.4 Å². The van der Waals surface area contributed by atoms with Crippen LogP contribution in [-0.2, 0) is 0 Å². The summed E-state index contributed by atoms with van der Waals surface area (Å²) in [6.07, 6.45) is 4.24. The fraction of sp³-hybridized carbons (Fsp3) is 0.0526. The van der Waals surface area contributed by atoms with Gasteiger partial charge in [0.2, 0.25) is 0 Å². The summed E-state index contributed by atoms with van der Waals surface area (Å²) in [7, 11) is 0. The maximum Gasteiger partial charge on any atom is 0.136 e. The van der Waals surface area contributed by atoms with E-state index in [9.17, 15) is 0 Å². The molecule has 0 unspecified atom stereocenters. The number of nitrogens with one attached hydrogen (secondary N) is 1. The van der Waals surface area contributed by atoms with E-state index in [1.54, 1.807) is 0 Å². The highest BCUT2D eigenvalue weighted by Crippen LogP contribution is 2.42. The molecule has 0 aliphatic carbocycles. The molecule has 2 heteroatoms. The molecule has 0 spiro atoms. The summed E-state index contributed by atoms with van der Waals surface area (Å²) in [5.41, 5.74) is 3.50. The van der Waals surface area contributed by atoms with Crippen LogP contribution >= 0.6 is 0 Å². The van der Waals surface area contributed by atoms with Gasteiger partial charge in [0.05, 0.1) is 5.52 Å². The van der Waals surface area contributed by atoms with Crippen LogP contribution < -0.4 is 4.74 Å². The number of benzene rings is 3. The Morgan fingerprint density at radius 1 is 0.857 bits per heavy atom. The molecule has 21 heavy (non-hydrogen) atoms. The van der Waals surface area contributed by atoms with Gasteiger partial charge in [-0.25, -0.2) is 0 Å². The first-order valence-electron chi connectivity index (χ1n) is 7.18. The van der Waals surface area contributed by atoms with E-state index in [1.807, 2.05) is 0 Å². The van der Waals surface area contributed by atoms with Crippen LogP contribution in [0.1, 0.15) is 5.56 Å². The Morgan fingerprint density at radius 2 is 1.62 bits per heavy atom. The van der Waals surface area contributed by atoms with E-state index < -0.39 is 0 Å². The van der Waals surface area contributed by atoms with Gasteiger partial charge in [-0.1, -0.05) is 42.5 Å². The number of aromatic nitrogens is 1. The second-order valence-corrected chi connectivity index (χ2v) is 5.42. The number of hydrogen-bond acceptors (Lipinski definition) is 1. The van der Waals surface area contributed by atoms with Crippen LogP contribution in [-0.4, -0.2) is 11.6 Å². The van der Waals surface area contributed by atoms with Crippen LogP contribution in [0.25, 0.3) is 38.7 Å². The van der Waals surface area contributed by atoms with Crippen LogP contribution in [0.4, 0.5) is 0 Å². The lowest BCUT2D eigenvalue weighted by Crippen LogP contribution is -2.01. The van der Waals surface area contributed by atoms with Gasteiger partial charge in [-0.2, -0.15) is 0 Å². The number of hydrogen-bond donors (Lipinski definition) is 1. The van der Waals surface area contributed by atoms with Crippen LogP contribution in [0.2, 0.25) is 0 Å². The normalized spacial score (nSPS) is 13.7. The number of fused-ring (bicyclic) bond motifs is 8. The minimum atomic E-state index is 0.642.